The lowest BCUT2D eigenvalue weighted by atomic mass is 10.1. The lowest BCUT2D eigenvalue weighted by molar-refractivity contribution is -0.134. The molecule has 2 aliphatic rings. The maximum absolute atomic E-state index is 12.4. The molecule has 18 heavy (non-hydrogen) atoms. The molecule has 3 rings (SSSR count). The summed E-state index contributed by atoms with van der Waals surface area (Å²) >= 11 is 0. The summed E-state index contributed by atoms with van der Waals surface area (Å²) in [5.74, 6) is 1.06. The quantitative estimate of drug-likeness (QED) is 0.860. The van der Waals surface area contributed by atoms with E-state index in [0.717, 1.165) is 50.2 Å². The highest BCUT2D eigenvalue weighted by Gasteiger charge is 2.36. The second kappa shape index (κ2) is 4.72. The van der Waals surface area contributed by atoms with Gasteiger partial charge in [0.05, 0.1) is 17.8 Å². The van der Waals surface area contributed by atoms with Crippen molar-refractivity contribution in [3.05, 3.63) is 17.5 Å². The van der Waals surface area contributed by atoms with Gasteiger partial charge in [0.25, 0.3) is 0 Å². The number of aryl methyl sites for hydroxylation is 1. The van der Waals surface area contributed by atoms with E-state index in [9.17, 15) is 4.79 Å². The van der Waals surface area contributed by atoms with E-state index in [4.69, 9.17) is 4.52 Å². The van der Waals surface area contributed by atoms with E-state index in [1.54, 1.807) is 0 Å². The van der Waals surface area contributed by atoms with Gasteiger partial charge in [0, 0.05) is 12.6 Å². The zero-order chi connectivity index (χ0) is 12.5. The predicted octanol–water partition coefficient (Wildman–Crippen LogP) is 1.40. The molecule has 2 fully saturated rings. The van der Waals surface area contributed by atoms with E-state index >= 15 is 0 Å². The van der Waals surface area contributed by atoms with Crippen molar-refractivity contribution in [2.75, 3.05) is 13.1 Å². The summed E-state index contributed by atoms with van der Waals surface area (Å²) < 4.78 is 5.33. The number of hydrogen-bond donors (Lipinski definition) is 1. The predicted molar refractivity (Wildman–Crippen MR) is 66.0 cm³/mol. The lowest BCUT2D eigenvalue weighted by Gasteiger charge is -2.25. The monoisotopic (exact) mass is 249 g/mol. The summed E-state index contributed by atoms with van der Waals surface area (Å²) in [7, 11) is 0. The van der Waals surface area contributed by atoms with Crippen LogP contribution in [0.25, 0.3) is 0 Å². The van der Waals surface area contributed by atoms with Crippen LogP contribution >= 0.6 is 0 Å². The Morgan fingerprint density at radius 2 is 2.39 bits per heavy atom. The fraction of sp³-hybridized carbons (Fsp3) is 0.692. The molecule has 2 atom stereocenters. The molecule has 1 N–H and O–H groups in total. The SMILES string of the molecule is Cc1cc(C2CCCN2C(=O)[C@@H]2CCCN2)on1. The number of rotatable bonds is 2. The first-order chi connectivity index (χ1) is 8.75. The highest BCUT2D eigenvalue weighted by atomic mass is 16.5. The van der Waals surface area contributed by atoms with E-state index in [1.807, 2.05) is 17.9 Å². The third-order valence-corrected chi connectivity index (χ3v) is 3.87. The van der Waals surface area contributed by atoms with Crippen LogP contribution in [0.15, 0.2) is 10.6 Å². The molecule has 98 valence electrons. The van der Waals surface area contributed by atoms with Gasteiger partial charge >= 0.3 is 0 Å². The van der Waals surface area contributed by atoms with Gasteiger partial charge < -0.3 is 14.7 Å². The van der Waals surface area contributed by atoms with Crippen LogP contribution in [0.4, 0.5) is 0 Å². The summed E-state index contributed by atoms with van der Waals surface area (Å²) in [6.07, 6.45) is 4.07. The van der Waals surface area contributed by atoms with Crippen molar-refractivity contribution in [3.63, 3.8) is 0 Å². The van der Waals surface area contributed by atoms with E-state index in [0.29, 0.717) is 0 Å². The van der Waals surface area contributed by atoms with Gasteiger partial charge in [0.2, 0.25) is 5.91 Å². The largest absolute Gasteiger partial charge is 0.359 e. The molecule has 1 amide bonds. The third kappa shape index (κ3) is 2.03. The number of likely N-dealkylation sites (tertiary alicyclic amines) is 1. The minimum absolute atomic E-state index is 0.00891. The Bertz CT molecular complexity index is 437. The Morgan fingerprint density at radius 3 is 3.06 bits per heavy atom. The van der Waals surface area contributed by atoms with E-state index in [2.05, 4.69) is 10.5 Å². The van der Waals surface area contributed by atoms with Crippen LogP contribution in [0.5, 0.6) is 0 Å². The fourth-order valence-corrected chi connectivity index (χ4v) is 2.96. The first kappa shape index (κ1) is 11.7. The topological polar surface area (TPSA) is 58.4 Å². The van der Waals surface area contributed by atoms with Crippen molar-refractivity contribution < 1.29 is 9.32 Å². The molecule has 2 aliphatic heterocycles. The summed E-state index contributed by atoms with van der Waals surface area (Å²) in [5, 5.41) is 7.20. The molecule has 1 unspecified atom stereocenters. The lowest BCUT2D eigenvalue weighted by Crippen LogP contribution is -2.43. The van der Waals surface area contributed by atoms with Gasteiger partial charge in [-0.2, -0.15) is 0 Å². The first-order valence-corrected chi connectivity index (χ1v) is 6.73. The number of nitrogens with one attached hydrogen (secondary N) is 1. The summed E-state index contributed by atoms with van der Waals surface area (Å²) in [4.78, 5) is 14.4. The van der Waals surface area contributed by atoms with Crippen LogP contribution in [-0.2, 0) is 4.79 Å². The van der Waals surface area contributed by atoms with Crippen LogP contribution in [0.3, 0.4) is 0 Å². The molecule has 0 spiro atoms. The third-order valence-electron chi connectivity index (χ3n) is 3.87. The minimum Gasteiger partial charge on any atom is -0.359 e. The molecule has 5 nitrogen and oxygen atoms in total. The average molecular weight is 249 g/mol. The molecule has 0 aromatic carbocycles. The van der Waals surface area contributed by atoms with Crippen LogP contribution in [-0.4, -0.2) is 35.1 Å². The van der Waals surface area contributed by atoms with Crippen molar-refractivity contribution in [2.24, 2.45) is 0 Å². The number of nitrogens with zero attached hydrogens (tertiary/aromatic N) is 2. The number of carbonyl (C=O) groups excluding carboxylic acids is 1. The van der Waals surface area contributed by atoms with Gasteiger partial charge in [0.15, 0.2) is 5.76 Å². The minimum atomic E-state index is 0.00891. The molecule has 0 radical (unpaired) electrons. The first-order valence-electron chi connectivity index (χ1n) is 6.73. The molecular weight excluding hydrogens is 230 g/mol. The molecule has 5 heteroatoms. The van der Waals surface area contributed by atoms with Crippen molar-refractivity contribution >= 4 is 5.91 Å². The normalized spacial score (nSPS) is 27.9. The number of hydrogen-bond acceptors (Lipinski definition) is 4. The van der Waals surface area contributed by atoms with E-state index in [1.165, 1.54) is 0 Å². The molecule has 2 saturated heterocycles. The maximum atomic E-state index is 12.4. The molecule has 1 aromatic heterocycles. The van der Waals surface area contributed by atoms with E-state index in [-0.39, 0.29) is 18.0 Å². The Balaban J connectivity index is 1.76. The molecule has 0 saturated carbocycles. The zero-order valence-corrected chi connectivity index (χ0v) is 10.7. The van der Waals surface area contributed by atoms with Crippen LogP contribution in [0, 0.1) is 6.92 Å². The van der Waals surface area contributed by atoms with Gasteiger partial charge in [-0.15, -0.1) is 0 Å². The Hall–Kier alpha value is -1.36. The Labute approximate surface area is 107 Å². The molecule has 0 aliphatic carbocycles. The summed E-state index contributed by atoms with van der Waals surface area (Å²) in [5.41, 5.74) is 0.878. The van der Waals surface area contributed by atoms with Crippen molar-refractivity contribution in [1.29, 1.82) is 0 Å². The summed E-state index contributed by atoms with van der Waals surface area (Å²) in [6.45, 7) is 3.70. The van der Waals surface area contributed by atoms with Crippen LogP contribution in [0.2, 0.25) is 0 Å². The van der Waals surface area contributed by atoms with Crippen LogP contribution < -0.4 is 5.32 Å². The fourth-order valence-electron chi connectivity index (χ4n) is 2.96. The standard InChI is InChI=1S/C13H19N3O2/c1-9-8-12(18-15-9)11-5-3-7-16(11)13(17)10-4-2-6-14-10/h8,10-11,14H,2-7H2,1H3/t10-,11?/m0/s1. The van der Waals surface area contributed by atoms with Gasteiger partial charge in [0.1, 0.15) is 0 Å². The highest BCUT2D eigenvalue weighted by molar-refractivity contribution is 5.82. The number of carbonyl (C=O) groups is 1. The number of amides is 1. The van der Waals surface area contributed by atoms with Crippen LogP contribution in [0.1, 0.15) is 43.2 Å². The van der Waals surface area contributed by atoms with Gasteiger partial charge in [-0.25, -0.2) is 0 Å². The van der Waals surface area contributed by atoms with Gasteiger partial charge in [-0.3, -0.25) is 4.79 Å². The molecule has 1 aromatic rings. The highest BCUT2D eigenvalue weighted by Crippen LogP contribution is 2.33. The smallest absolute Gasteiger partial charge is 0.240 e. The second-order valence-electron chi connectivity index (χ2n) is 5.21. The van der Waals surface area contributed by atoms with Gasteiger partial charge in [-0.05, 0) is 39.2 Å². The molecular formula is C13H19N3O2. The summed E-state index contributed by atoms with van der Waals surface area (Å²) in [6, 6.07) is 2.04. The van der Waals surface area contributed by atoms with E-state index < -0.39 is 0 Å². The van der Waals surface area contributed by atoms with Gasteiger partial charge in [-0.1, -0.05) is 5.16 Å². The molecule has 0 bridgehead atoms. The maximum Gasteiger partial charge on any atom is 0.240 e. The average Bonchev–Trinajstić information content (AvgIpc) is 3.09. The second-order valence-corrected chi connectivity index (χ2v) is 5.21. The number of aromatic nitrogens is 1. The Kier molecular flexibility index (Phi) is 3.07. The van der Waals surface area contributed by atoms with Crippen molar-refractivity contribution in [3.8, 4) is 0 Å². The van der Waals surface area contributed by atoms with Crippen molar-refractivity contribution in [1.82, 2.24) is 15.4 Å². The van der Waals surface area contributed by atoms with Crippen molar-refractivity contribution in [2.45, 2.75) is 44.7 Å². The zero-order valence-electron chi connectivity index (χ0n) is 10.7. The Morgan fingerprint density at radius 1 is 1.50 bits per heavy atom. The molecule has 3 heterocycles.